The van der Waals surface area contributed by atoms with Gasteiger partial charge in [0.25, 0.3) is 0 Å². The summed E-state index contributed by atoms with van der Waals surface area (Å²) in [7, 11) is -4.52. The molecule has 3 atom stereocenters. The van der Waals surface area contributed by atoms with Gasteiger partial charge >= 0.3 is 13.8 Å². The molecule has 0 rings (SSSR count). The van der Waals surface area contributed by atoms with E-state index in [9.17, 15) is 19.4 Å². The number of esters is 1. The Labute approximate surface area is 337 Å². The standard InChI is InChI=1S/C45H85O9P/c1-3-5-7-9-11-13-15-17-19-21-22-23-25-27-29-31-33-35-37-45(48)54-44(42-53-55(49,50)52-40-43(47)39-46)41-51-38-36-34-32-30-28-26-24-20-18-16-14-12-10-8-6-4-2/h12,14,18-21,43-44,46-47H,3-11,13,15-17,22-42H2,1-2H3,(H,49,50)/b14-12-,20-18-,21-19-. The summed E-state index contributed by atoms with van der Waals surface area (Å²) in [5, 5.41) is 18.4. The molecule has 0 fully saturated rings. The normalized spacial score (nSPS) is 14.3. The molecule has 0 saturated carbocycles. The molecule has 0 aliphatic rings. The fourth-order valence-corrected chi connectivity index (χ4v) is 6.88. The summed E-state index contributed by atoms with van der Waals surface area (Å²) >= 11 is 0. The van der Waals surface area contributed by atoms with E-state index < -0.39 is 39.2 Å². The summed E-state index contributed by atoms with van der Waals surface area (Å²) in [5.74, 6) is -0.390. The van der Waals surface area contributed by atoms with Gasteiger partial charge in [-0.05, 0) is 70.6 Å². The number of hydrogen-bond donors (Lipinski definition) is 3. The van der Waals surface area contributed by atoms with Crippen LogP contribution in [0.4, 0.5) is 0 Å². The second kappa shape index (κ2) is 42.3. The van der Waals surface area contributed by atoms with Crippen LogP contribution in [0.3, 0.4) is 0 Å². The Morgan fingerprint density at radius 2 is 0.982 bits per heavy atom. The Kier molecular flexibility index (Phi) is 41.3. The average molecular weight is 801 g/mol. The van der Waals surface area contributed by atoms with Gasteiger partial charge < -0.3 is 24.6 Å². The number of phosphoric acid groups is 1. The first-order valence-electron chi connectivity index (χ1n) is 22.5. The third-order valence-electron chi connectivity index (χ3n) is 9.55. The van der Waals surface area contributed by atoms with Crippen LogP contribution in [-0.4, -0.2) is 66.3 Å². The van der Waals surface area contributed by atoms with E-state index >= 15 is 0 Å². The smallest absolute Gasteiger partial charge is 0.457 e. The summed E-state index contributed by atoms with van der Waals surface area (Å²) in [6.07, 6.45) is 45.2. The molecule has 0 aromatic rings. The Hall–Kier alpha value is -1.32. The molecule has 0 aliphatic carbocycles. The largest absolute Gasteiger partial charge is 0.472 e. The molecule has 3 N–H and O–H groups in total. The highest BCUT2D eigenvalue weighted by molar-refractivity contribution is 7.47. The van der Waals surface area contributed by atoms with Gasteiger partial charge in [0.15, 0.2) is 0 Å². The zero-order chi connectivity index (χ0) is 40.3. The molecule has 0 spiro atoms. The van der Waals surface area contributed by atoms with E-state index in [0.717, 1.165) is 64.2 Å². The van der Waals surface area contributed by atoms with Gasteiger partial charge in [0.1, 0.15) is 12.2 Å². The molecule has 0 aromatic carbocycles. The lowest BCUT2D eigenvalue weighted by Crippen LogP contribution is -2.29. The highest BCUT2D eigenvalue weighted by Crippen LogP contribution is 2.43. The minimum atomic E-state index is -4.52. The zero-order valence-electron chi connectivity index (χ0n) is 35.4. The summed E-state index contributed by atoms with van der Waals surface area (Å²) < 4.78 is 33.4. The predicted molar refractivity (Wildman–Crippen MR) is 228 cm³/mol. The quantitative estimate of drug-likeness (QED) is 0.0239. The van der Waals surface area contributed by atoms with E-state index in [4.69, 9.17) is 23.6 Å². The van der Waals surface area contributed by atoms with Crippen molar-refractivity contribution < 1.29 is 43.0 Å². The topological polar surface area (TPSA) is 132 Å². The van der Waals surface area contributed by atoms with Crippen LogP contribution < -0.4 is 0 Å². The van der Waals surface area contributed by atoms with Crippen LogP contribution in [-0.2, 0) is 27.9 Å². The second-order valence-corrected chi connectivity index (χ2v) is 16.5. The van der Waals surface area contributed by atoms with Crippen LogP contribution in [0.25, 0.3) is 0 Å². The first kappa shape index (κ1) is 53.7. The van der Waals surface area contributed by atoms with E-state index in [1.807, 2.05) is 0 Å². The fraction of sp³-hybridized carbons (Fsp3) is 0.844. The number of aliphatic hydroxyl groups excluding tert-OH is 2. The van der Waals surface area contributed by atoms with E-state index in [2.05, 4.69) is 50.3 Å². The Balaban J connectivity index is 4.17. The van der Waals surface area contributed by atoms with Crippen molar-refractivity contribution in [1.82, 2.24) is 0 Å². The highest BCUT2D eigenvalue weighted by Gasteiger charge is 2.26. The number of allylic oxidation sites excluding steroid dienone is 6. The summed E-state index contributed by atoms with van der Waals surface area (Å²) in [6, 6.07) is 0. The molecule has 0 bridgehead atoms. The maximum Gasteiger partial charge on any atom is 0.472 e. The van der Waals surface area contributed by atoms with Crippen molar-refractivity contribution in [3.05, 3.63) is 36.5 Å². The maximum absolute atomic E-state index is 12.6. The lowest BCUT2D eigenvalue weighted by Gasteiger charge is -2.20. The third kappa shape index (κ3) is 42.1. The van der Waals surface area contributed by atoms with Gasteiger partial charge in [0.2, 0.25) is 0 Å². The molecule has 0 radical (unpaired) electrons. The van der Waals surface area contributed by atoms with E-state index in [1.165, 1.54) is 116 Å². The molecular formula is C45H85O9P. The van der Waals surface area contributed by atoms with Crippen LogP contribution in [0, 0.1) is 0 Å². The highest BCUT2D eigenvalue weighted by atomic mass is 31.2. The van der Waals surface area contributed by atoms with Crippen molar-refractivity contribution in [2.75, 3.05) is 33.0 Å². The van der Waals surface area contributed by atoms with Crippen LogP contribution in [0.2, 0.25) is 0 Å². The van der Waals surface area contributed by atoms with Crippen molar-refractivity contribution in [2.45, 2.75) is 212 Å². The fourth-order valence-electron chi connectivity index (χ4n) is 6.09. The first-order valence-corrected chi connectivity index (χ1v) is 24.0. The van der Waals surface area contributed by atoms with Gasteiger partial charge in [0, 0.05) is 13.0 Å². The van der Waals surface area contributed by atoms with Crippen LogP contribution >= 0.6 is 7.82 Å². The van der Waals surface area contributed by atoms with Crippen molar-refractivity contribution in [2.24, 2.45) is 0 Å². The molecule has 55 heavy (non-hydrogen) atoms. The average Bonchev–Trinajstić information content (AvgIpc) is 3.18. The number of hydrogen-bond acceptors (Lipinski definition) is 8. The van der Waals surface area contributed by atoms with Gasteiger partial charge in [-0.2, -0.15) is 0 Å². The van der Waals surface area contributed by atoms with Crippen molar-refractivity contribution in [1.29, 1.82) is 0 Å². The van der Waals surface area contributed by atoms with Gasteiger partial charge in [-0.1, -0.05) is 159 Å². The molecular weight excluding hydrogens is 715 g/mol. The molecule has 0 aliphatic heterocycles. The molecule has 0 saturated heterocycles. The molecule has 3 unspecified atom stereocenters. The summed E-state index contributed by atoms with van der Waals surface area (Å²) in [5.41, 5.74) is 0. The van der Waals surface area contributed by atoms with E-state index in [1.54, 1.807) is 0 Å². The van der Waals surface area contributed by atoms with E-state index in [-0.39, 0.29) is 19.6 Å². The molecule has 10 heteroatoms. The van der Waals surface area contributed by atoms with E-state index in [0.29, 0.717) is 6.61 Å². The van der Waals surface area contributed by atoms with Crippen LogP contribution in [0.15, 0.2) is 36.5 Å². The first-order chi connectivity index (χ1) is 26.8. The number of phosphoric ester groups is 1. The molecule has 9 nitrogen and oxygen atoms in total. The van der Waals surface area contributed by atoms with Crippen molar-refractivity contribution >= 4 is 13.8 Å². The SMILES string of the molecule is CCCCC/C=C\C/C=C\CCCCCCCCOCC(COP(=O)(O)OCC(O)CO)OC(=O)CCCCCCCCC/C=C\CCCCCCCCC. The zero-order valence-corrected chi connectivity index (χ0v) is 36.3. The lowest BCUT2D eigenvalue weighted by atomic mass is 10.1. The Morgan fingerprint density at radius 3 is 1.51 bits per heavy atom. The number of aliphatic hydroxyl groups is 2. The number of unbranched alkanes of at least 4 members (excludes halogenated alkanes) is 23. The lowest BCUT2D eigenvalue weighted by molar-refractivity contribution is -0.154. The summed E-state index contributed by atoms with van der Waals surface area (Å²) in [4.78, 5) is 22.6. The van der Waals surface area contributed by atoms with Gasteiger partial charge in [-0.25, -0.2) is 4.57 Å². The van der Waals surface area contributed by atoms with Crippen molar-refractivity contribution in [3.63, 3.8) is 0 Å². The third-order valence-corrected chi connectivity index (χ3v) is 10.5. The molecule has 324 valence electrons. The minimum Gasteiger partial charge on any atom is -0.457 e. The maximum atomic E-state index is 12.6. The molecule has 0 heterocycles. The van der Waals surface area contributed by atoms with Crippen LogP contribution in [0.5, 0.6) is 0 Å². The summed E-state index contributed by atoms with van der Waals surface area (Å²) in [6.45, 7) is 3.48. The monoisotopic (exact) mass is 801 g/mol. The second-order valence-electron chi connectivity index (χ2n) is 15.1. The number of ether oxygens (including phenoxy) is 2. The van der Waals surface area contributed by atoms with Gasteiger partial charge in [-0.3, -0.25) is 13.8 Å². The predicted octanol–water partition coefficient (Wildman–Crippen LogP) is 12.4. The van der Waals surface area contributed by atoms with Gasteiger partial charge in [0.05, 0.1) is 26.4 Å². The van der Waals surface area contributed by atoms with Crippen molar-refractivity contribution in [3.8, 4) is 0 Å². The van der Waals surface area contributed by atoms with Gasteiger partial charge in [-0.15, -0.1) is 0 Å². The molecule has 0 amide bonds. The minimum absolute atomic E-state index is 0.0413. The number of carbonyl (C=O) groups is 1. The Morgan fingerprint density at radius 1 is 0.564 bits per heavy atom. The number of rotatable bonds is 43. The molecule has 0 aromatic heterocycles. The Bertz CT molecular complexity index is 955. The van der Waals surface area contributed by atoms with Crippen LogP contribution in [0.1, 0.15) is 200 Å². The number of carbonyl (C=O) groups excluding carboxylic acids is 1.